The normalized spacial score (nSPS) is 12.1. The van der Waals surface area contributed by atoms with Crippen molar-refractivity contribution in [1.82, 2.24) is 10.2 Å². The van der Waals surface area contributed by atoms with Crippen LogP contribution < -0.4 is 14.8 Å². The number of rotatable bonds is 5. The molecule has 7 heteroatoms. The number of hydrogen-bond donors (Lipinski definition) is 1. The monoisotopic (exact) mass is 408 g/mol. The Bertz CT molecular complexity index is 785. The van der Waals surface area contributed by atoms with Crippen LogP contribution in [0.25, 0.3) is 0 Å². The van der Waals surface area contributed by atoms with Crippen LogP contribution in [0.5, 0.6) is 11.5 Å². The zero-order chi connectivity index (χ0) is 17.8. The summed E-state index contributed by atoms with van der Waals surface area (Å²) in [6.07, 6.45) is 0.425. The Balaban J connectivity index is 1.50. The van der Waals surface area contributed by atoms with E-state index in [-0.39, 0.29) is 18.6 Å². The van der Waals surface area contributed by atoms with Gasteiger partial charge >= 0.3 is 6.03 Å². The average molecular weight is 409 g/mol. The Morgan fingerprint density at radius 2 is 2.04 bits per heavy atom. The highest BCUT2D eigenvalue weighted by atomic mass is 79.9. The van der Waals surface area contributed by atoms with Gasteiger partial charge in [-0.05, 0) is 47.9 Å². The van der Waals surface area contributed by atoms with Gasteiger partial charge in [-0.1, -0.05) is 22.0 Å². The molecule has 0 spiro atoms. The third-order valence-electron chi connectivity index (χ3n) is 3.88. The quantitative estimate of drug-likeness (QED) is 0.820. The van der Waals surface area contributed by atoms with E-state index in [0.717, 1.165) is 10.0 Å². The number of carbonyl (C=O) groups is 1. The summed E-state index contributed by atoms with van der Waals surface area (Å²) < 4.78 is 25.1. The molecule has 0 unspecified atom stereocenters. The van der Waals surface area contributed by atoms with Crippen molar-refractivity contribution in [3.8, 4) is 11.5 Å². The molecule has 2 aromatic rings. The number of ether oxygens (including phenoxy) is 2. The van der Waals surface area contributed by atoms with Crippen LogP contribution in [0.15, 0.2) is 40.9 Å². The molecule has 25 heavy (non-hydrogen) atoms. The molecule has 0 bridgehead atoms. The number of urea groups is 1. The maximum Gasteiger partial charge on any atom is 0.317 e. The molecule has 3 rings (SSSR count). The van der Waals surface area contributed by atoms with Crippen molar-refractivity contribution < 1.29 is 18.7 Å². The second-order valence-electron chi connectivity index (χ2n) is 5.76. The highest BCUT2D eigenvalue weighted by Crippen LogP contribution is 2.32. The summed E-state index contributed by atoms with van der Waals surface area (Å²) in [5, 5.41) is 2.80. The number of halogens is 2. The van der Waals surface area contributed by atoms with Gasteiger partial charge in [-0.2, -0.15) is 0 Å². The van der Waals surface area contributed by atoms with E-state index < -0.39 is 0 Å². The Morgan fingerprint density at radius 3 is 2.88 bits per heavy atom. The standard InChI is InChI=1S/C18H18BrFN2O3/c1-22(10-12-2-5-16-17(8-12)25-11-24-16)18(23)21-7-6-13-9-14(19)3-4-15(13)20/h2-5,8-9H,6-7,10-11H2,1H3,(H,21,23). The topological polar surface area (TPSA) is 50.8 Å². The van der Waals surface area contributed by atoms with Crippen molar-refractivity contribution >= 4 is 22.0 Å². The Kier molecular flexibility index (Phi) is 5.43. The van der Waals surface area contributed by atoms with E-state index in [0.29, 0.717) is 36.6 Å². The summed E-state index contributed by atoms with van der Waals surface area (Å²) in [7, 11) is 1.71. The van der Waals surface area contributed by atoms with Crippen molar-refractivity contribution in [3.05, 3.63) is 57.8 Å². The first kappa shape index (κ1) is 17.5. The Labute approximate surface area is 153 Å². The molecule has 1 aliphatic heterocycles. The van der Waals surface area contributed by atoms with Crippen LogP contribution in [-0.4, -0.2) is 31.3 Å². The molecule has 0 radical (unpaired) electrons. The zero-order valence-electron chi connectivity index (χ0n) is 13.7. The molecule has 0 aromatic heterocycles. The molecule has 0 fully saturated rings. The second kappa shape index (κ2) is 7.74. The molecular weight excluding hydrogens is 391 g/mol. The maximum atomic E-state index is 13.7. The molecule has 2 amide bonds. The number of carbonyl (C=O) groups excluding carboxylic acids is 1. The number of benzene rings is 2. The lowest BCUT2D eigenvalue weighted by Crippen LogP contribution is -2.37. The predicted octanol–water partition coefficient (Wildman–Crippen LogP) is 3.70. The number of hydrogen-bond acceptors (Lipinski definition) is 3. The Hall–Kier alpha value is -2.28. The van der Waals surface area contributed by atoms with E-state index in [1.165, 1.54) is 6.07 Å². The first-order valence-corrected chi connectivity index (χ1v) is 8.63. The van der Waals surface area contributed by atoms with Crippen LogP contribution in [0, 0.1) is 5.82 Å². The van der Waals surface area contributed by atoms with Crippen LogP contribution in [0.3, 0.4) is 0 Å². The fourth-order valence-corrected chi connectivity index (χ4v) is 2.97. The Morgan fingerprint density at radius 1 is 1.24 bits per heavy atom. The van der Waals surface area contributed by atoms with E-state index in [1.807, 2.05) is 18.2 Å². The summed E-state index contributed by atoms with van der Waals surface area (Å²) >= 11 is 3.32. The highest BCUT2D eigenvalue weighted by molar-refractivity contribution is 9.10. The molecular formula is C18H18BrFN2O3. The summed E-state index contributed by atoms with van der Waals surface area (Å²) in [4.78, 5) is 13.7. The zero-order valence-corrected chi connectivity index (χ0v) is 15.3. The molecule has 0 atom stereocenters. The first-order valence-electron chi connectivity index (χ1n) is 7.84. The largest absolute Gasteiger partial charge is 0.454 e. The summed E-state index contributed by atoms with van der Waals surface area (Å²) in [6.45, 7) is 1.02. The third kappa shape index (κ3) is 4.42. The second-order valence-corrected chi connectivity index (χ2v) is 6.68. The molecule has 5 nitrogen and oxygen atoms in total. The van der Waals surface area contributed by atoms with Gasteiger partial charge in [0.15, 0.2) is 11.5 Å². The van der Waals surface area contributed by atoms with Crippen molar-refractivity contribution in [1.29, 1.82) is 0 Å². The van der Waals surface area contributed by atoms with E-state index in [1.54, 1.807) is 24.1 Å². The van der Waals surface area contributed by atoms with Crippen molar-refractivity contribution in [2.75, 3.05) is 20.4 Å². The van der Waals surface area contributed by atoms with Gasteiger partial charge < -0.3 is 19.7 Å². The molecule has 1 aliphatic rings. The van der Waals surface area contributed by atoms with Gasteiger partial charge in [0, 0.05) is 24.6 Å². The van der Waals surface area contributed by atoms with Gasteiger partial charge in [0.1, 0.15) is 5.82 Å². The molecule has 1 N–H and O–H groups in total. The SMILES string of the molecule is CN(Cc1ccc2c(c1)OCO2)C(=O)NCCc1cc(Br)ccc1F. The number of nitrogens with one attached hydrogen (secondary N) is 1. The minimum Gasteiger partial charge on any atom is -0.454 e. The van der Waals surface area contributed by atoms with Crippen molar-refractivity contribution in [2.45, 2.75) is 13.0 Å². The molecule has 132 valence electrons. The summed E-state index contributed by atoms with van der Waals surface area (Å²) in [5.74, 6) is 1.13. The van der Waals surface area contributed by atoms with Crippen LogP contribution in [0.1, 0.15) is 11.1 Å². The fraction of sp³-hybridized carbons (Fsp3) is 0.278. The molecule has 1 heterocycles. The smallest absolute Gasteiger partial charge is 0.317 e. The van der Waals surface area contributed by atoms with E-state index in [4.69, 9.17) is 9.47 Å². The lowest BCUT2D eigenvalue weighted by atomic mass is 10.1. The van der Waals surface area contributed by atoms with E-state index in [2.05, 4.69) is 21.2 Å². The third-order valence-corrected chi connectivity index (χ3v) is 4.38. The number of amides is 2. The van der Waals surface area contributed by atoms with Gasteiger partial charge in [0.05, 0.1) is 0 Å². The van der Waals surface area contributed by atoms with Gasteiger partial charge in [0.25, 0.3) is 0 Å². The van der Waals surface area contributed by atoms with Crippen LogP contribution in [0.2, 0.25) is 0 Å². The minimum atomic E-state index is -0.272. The number of fused-ring (bicyclic) bond motifs is 1. The molecule has 0 saturated carbocycles. The van der Waals surface area contributed by atoms with Gasteiger partial charge in [-0.3, -0.25) is 0 Å². The van der Waals surface area contributed by atoms with Gasteiger partial charge in [-0.25, -0.2) is 9.18 Å². The van der Waals surface area contributed by atoms with E-state index >= 15 is 0 Å². The number of nitrogens with zero attached hydrogens (tertiary/aromatic N) is 1. The van der Waals surface area contributed by atoms with Crippen molar-refractivity contribution in [2.24, 2.45) is 0 Å². The molecule has 0 saturated heterocycles. The fourth-order valence-electron chi connectivity index (χ4n) is 2.56. The average Bonchev–Trinajstić information content (AvgIpc) is 3.05. The van der Waals surface area contributed by atoms with Crippen LogP contribution in [-0.2, 0) is 13.0 Å². The van der Waals surface area contributed by atoms with Crippen molar-refractivity contribution in [3.63, 3.8) is 0 Å². The maximum absolute atomic E-state index is 13.7. The summed E-state index contributed by atoms with van der Waals surface area (Å²) in [5.41, 5.74) is 1.51. The van der Waals surface area contributed by atoms with E-state index in [9.17, 15) is 9.18 Å². The predicted molar refractivity (Wildman–Crippen MR) is 95.2 cm³/mol. The lowest BCUT2D eigenvalue weighted by Gasteiger charge is -2.18. The highest BCUT2D eigenvalue weighted by Gasteiger charge is 2.15. The lowest BCUT2D eigenvalue weighted by molar-refractivity contribution is 0.174. The van der Waals surface area contributed by atoms with Gasteiger partial charge in [0.2, 0.25) is 6.79 Å². The van der Waals surface area contributed by atoms with Crippen LogP contribution >= 0.6 is 15.9 Å². The van der Waals surface area contributed by atoms with Crippen LogP contribution in [0.4, 0.5) is 9.18 Å². The van der Waals surface area contributed by atoms with Gasteiger partial charge in [-0.15, -0.1) is 0 Å². The first-order chi connectivity index (χ1) is 12.0. The summed E-state index contributed by atoms with van der Waals surface area (Å²) in [6, 6.07) is 10.2. The molecule has 0 aliphatic carbocycles. The minimum absolute atomic E-state index is 0.215. The molecule has 2 aromatic carbocycles.